The van der Waals surface area contributed by atoms with Crippen molar-refractivity contribution in [2.75, 3.05) is 49.2 Å². The topological polar surface area (TPSA) is 261 Å². The van der Waals surface area contributed by atoms with Gasteiger partial charge in [0, 0.05) is 105 Å². The molecule has 91 heavy (non-hydrogen) atoms. The number of sulfonamides is 1. The van der Waals surface area contributed by atoms with Gasteiger partial charge in [-0.3, -0.25) is 18.7 Å². The van der Waals surface area contributed by atoms with E-state index in [1.807, 2.05) is 37.3 Å². The van der Waals surface area contributed by atoms with Gasteiger partial charge in [-0.15, -0.1) is 0 Å². The van der Waals surface area contributed by atoms with Crippen molar-refractivity contribution in [1.82, 2.24) is 29.9 Å². The van der Waals surface area contributed by atoms with Gasteiger partial charge in [0.05, 0.1) is 21.0 Å². The second kappa shape index (κ2) is 28.8. The molecule has 3 aliphatic rings. The molecule has 0 aliphatic carbocycles. The summed E-state index contributed by atoms with van der Waals surface area (Å²) in [5.74, 6) is 0.0272. The largest absolute Gasteiger partial charge is 0.370 e. The van der Waals surface area contributed by atoms with E-state index in [4.69, 9.17) is 25.8 Å². The number of hydrogen-bond donors (Lipinski definition) is 5. The number of rotatable bonds is 31. The first-order valence-corrected chi connectivity index (χ1v) is 36.4. The fourth-order valence-electron chi connectivity index (χ4n) is 14.0. The second-order valence-electron chi connectivity index (χ2n) is 25.8. The van der Waals surface area contributed by atoms with Crippen molar-refractivity contribution in [2.45, 2.75) is 189 Å². The van der Waals surface area contributed by atoms with E-state index >= 15 is 0 Å². The summed E-state index contributed by atoms with van der Waals surface area (Å²) in [6.07, 6.45) is 15.5. The molecule has 0 saturated heterocycles. The van der Waals surface area contributed by atoms with Crippen LogP contribution in [0.1, 0.15) is 169 Å². The van der Waals surface area contributed by atoms with Gasteiger partial charge in [-0.05, 0) is 180 Å². The third-order valence-electron chi connectivity index (χ3n) is 18.6. The Hall–Kier alpha value is -6.43. The van der Waals surface area contributed by atoms with Gasteiger partial charge in [-0.25, -0.2) is 27.7 Å². The maximum Gasteiger partial charge on any atom is 0.294 e. The number of amides is 2. The Morgan fingerprint density at radius 1 is 0.846 bits per heavy atom. The molecule has 2 amide bonds. The van der Waals surface area contributed by atoms with E-state index in [9.17, 15) is 43.9 Å². The van der Waals surface area contributed by atoms with Crippen molar-refractivity contribution in [1.29, 1.82) is 0 Å². The average Bonchev–Trinajstić information content (AvgIpc) is 1.60. The predicted octanol–water partition coefficient (Wildman–Crippen LogP) is 10.9. The Bertz CT molecular complexity index is 4040. The first kappa shape index (κ1) is 68.9. The fraction of sp³-hybridized carbons (Fsp3) is 0.493. The normalized spacial score (nSPS) is 16.8. The monoisotopic (exact) mass is 1300 g/mol. The molecule has 0 fully saturated rings. The highest BCUT2D eigenvalue weighted by Gasteiger charge is 2.48. The molecule has 22 heteroatoms. The van der Waals surface area contributed by atoms with Crippen LogP contribution in [0.2, 0.25) is 0 Å². The number of fused-ring (bicyclic) bond motifs is 7. The lowest BCUT2D eigenvalue weighted by Gasteiger charge is -2.35. The zero-order valence-electron chi connectivity index (χ0n) is 53.3. The molecule has 9 rings (SSSR count). The van der Waals surface area contributed by atoms with Gasteiger partial charge < -0.3 is 20.9 Å². The van der Waals surface area contributed by atoms with Gasteiger partial charge >= 0.3 is 0 Å². The number of aryl methyl sites for hydroxylation is 3. The van der Waals surface area contributed by atoms with Gasteiger partial charge in [-0.2, -0.15) is 21.4 Å². The lowest BCUT2D eigenvalue weighted by Crippen LogP contribution is -2.45. The van der Waals surface area contributed by atoms with Gasteiger partial charge in [-0.1, -0.05) is 70.2 Å². The van der Waals surface area contributed by atoms with Crippen LogP contribution in [-0.2, 0) is 70.1 Å². The third kappa shape index (κ3) is 15.8. The number of pyridine rings is 1. The van der Waals surface area contributed by atoms with Crippen LogP contribution in [0, 0.1) is 27.7 Å². The van der Waals surface area contributed by atoms with Crippen LogP contribution in [0.3, 0.4) is 0 Å². The number of unbranched alkanes of at least 4 members (excludes halogenated alkanes) is 5. The van der Waals surface area contributed by atoms with E-state index < -0.39 is 64.7 Å². The molecule has 0 saturated carbocycles. The molecule has 2 unspecified atom stereocenters. The van der Waals surface area contributed by atoms with Crippen LogP contribution < -0.4 is 20.9 Å². The molecular formula is C69H88N9O10S3+. The van der Waals surface area contributed by atoms with E-state index in [-0.39, 0.29) is 54.1 Å². The van der Waals surface area contributed by atoms with Crippen molar-refractivity contribution < 1.29 is 48.5 Å². The summed E-state index contributed by atoms with van der Waals surface area (Å²) >= 11 is 0. The summed E-state index contributed by atoms with van der Waals surface area (Å²) in [6.45, 7) is 31.3. The van der Waals surface area contributed by atoms with Crippen LogP contribution in [-0.4, -0.2) is 127 Å². The van der Waals surface area contributed by atoms with Crippen LogP contribution in [0.4, 0.5) is 17.2 Å². The van der Waals surface area contributed by atoms with Crippen LogP contribution in [0.5, 0.6) is 0 Å². The zero-order valence-corrected chi connectivity index (χ0v) is 55.8. The Morgan fingerprint density at radius 2 is 1.57 bits per heavy atom. The summed E-state index contributed by atoms with van der Waals surface area (Å²) in [4.78, 5) is 42.4. The number of anilines is 2. The number of nitrogens with one attached hydrogen (secondary N) is 3. The lowest BCUT2D eigenvalue weighted by molar-refractivity contribution is -0.439. The van der Waals surface area contributed by atoms with E-state index in [1.54, 1.807) is 30.6 Å². The molecule has 19 nitrogen and oxygen atoms in total. The maximum atomic E-state index is 14.5. The van der Waals surface area contributed by atoms with Crippen molar-refractivity contribution in [3.05, 3.63) is 139 Å². The smallest absolute Gasteiger partial charge is 0.294 e. The van der Waals surface area contributed by atoms with Crippen molar-refractivity contribution in [2.24, 2.45) is 0 Å². The van der Waals surface area contributed by atoms with E-state index in [2.05, 4.69) is 69.2 Å². The third-order valence-corrected chi connectivity index (χ3v) is 22.2. The molecule has 4 aromatic carbocycles. The minimum absolute atomic E-state index is 0.0244. The molecule has 5 N–H and O–H groups in total. The van der Waals surface area contributed by atoms with Crippen LogP contribution in [0.15, 0.2) is 88.9 Å². The zero-order chi connectivity index (χ0) is 65.6. The van der Waals surface area contributed by atoms with Crippen molar-refractivity contribution in [3.63, 3.8) is 0 Å². The number of carbonyl (C=O) groups is 2. The number of carbonyl (C=O) groups excluding carboxylic acids is 2. The summed E-state index contributed by atoms with van der Waals surface area (Å²) in [6, 6.07) is 18.4. The molecule has 3 atom stereocenters. The highest BCUT2D eigenvalue weighted by molar-refractivity contribution is 7.89. The summed E-state index contributed by atoms with van der Waals surface area (Å²) in [7, 11) is -11.3. The van der Waals surface area contributed by atoms with E-state index in [1.165, 1.54) is 23.5 Å². The number of benzene rings is 4. The molecule has 6 radical (unpaired) electrons. The van der Waals surface area contributed by atoms with Gasteiger partial charge in [0.1, 0.15) is 24.2 Å². The number of nitrogens with zero attached hydrogens (tertiary/aromatic N) is 6. The maximum absolute atomic E-state index is 14.5. The highest BCUT2D eigenvalue weighted by Crippen LogP contribution is 2.51. The first-order valence-electron chi connectivity index (χ1n) is 31.9. The first-order chi connectivity index (χ1) is 43.1. The fourth-order valence-corrected chi connectivity index (χ4v) is 16.4. The predicted molar refractivity (Wildman–Crippen MR) is 356 cm³/mol. The second-order valence-corrected chi connectivity index (χ2v) is 30.8. The molecule has 0 bridgehead atoms. The standard InChI is InChI=1S/C69H87N9O10S3/c1-10-37-77-59-35-33-54-55(64(59)68(5,6)61(77)27-16-13-17-28-62-69(7,8)65-56-42-53(91(86,87)88)32-30-49(56)31-34-58(65)78(62)39-21-40-89(81,82)83)24-18-26-60(54)90(84,85)76(9)38-20-29-63(79)74-47(3)67(80)73-43-51-41-50-23-19-36-70-66(50)75-57(51)25-15-12-11-14-22-46(2)52-44-71-48(4)72-45-52/h1-3,18,24,26,30-35,41-42,44-47,61H,10-17,19-23,25,27-29,36-40,43H2,4-9H3,(H4-,70,73,74,75,79,80,81,82,83,86,87,88)/p+1/t46-,47?,61?/m1/s1. The Kier molecular flexibility index (Phi) is 21.8. The summed E-state index contributed by atoms with van der Waals surface area (Å²) < 4.78 is 100. The molecular weight excluding hydrogens is 1210 g/mol. The van der Waals surface area contributed by atoms with Crippen molar-refractivity contribution in [3.8, 4) is 0 Å². The van der Waals surface area contributed by atoms with Crippen LogP contribution >= 0.6 is 0 Å². The SMILES string of the molecule is [CH]CCN1c2ccc3c(S(=O)(=O)N(C)CCCC(=O)NC([CH])C(=O)NCc4cc5c(nc4CCCCCC[C@@H]([CH])c4cnc(C)nc4)NCCC5)cccc3c2C(C)(C)C1CCCCCC1=[N+](CCCS(=O)(=O)O)c2ccc3ccc(S(=O)(=O)O)cc3c2C1(C)C. The Labute approximate surface area is 539 Å². The van der Waals surface area contributed by atoms with Crippen LogP contribution in [0.25, 0.3) is 21.5 Å². The lowest BCUT2D eigenvalue weighted by atomic mass is 9.76. The number of hydrogen-bond acceptors (Lipinski definition) is 13. The molecule has 486 valence electrons. The van der Waals surface area contributed by atoms with E-state index in [0.717, 1.165) is 151 Å². The van der Waals surface area contributed by atoms with Gasteiger partial charge in [0.25, 0.3) is 20.2 Å². The minimum atomic E-state index is -4.49. The highest BCUT2D eigenvalue weighted by atomic mass is 32.2. The average molecular weight is 1300 g/mol. The van der Waals surface area contributed by atoms with Gasteiger partial charge in [0.2, 0.25) is 27.5 Å². The molecule has 5 heterocycles. The summed E-state index contributed by atoms with van der Waals surface area (Å²) in [5.41, 5.74) is 7.58. The minimum Gasteiger partial charge on any atom is -0.370 e. The molecule has 2 aromatic heterocycles. The molecule has 0 spiro atoms. The van der Waals surface area contributed by atoms with Gasteiger partial charge in [0.15, 0.2) is 5.71 Å². The van der Waals surface area contributed by atoms with Crippen molar-refractivity contribution >= 4 is 86.5 Å². The Morgan fingerprint density at radius 3 is 2.31 bits per heavy atom. The Balaban J connectivity index is 0.787. The number of aromatic nitrogens is 3. The quantitative estimate of drug-likeness (QED) is 0.0154. The molecule has 3 aliphatic heterocycles. The summed E-state index contributed by atoms with van der Waals surface area (Å²) in [5, 5.41) is 11.8. The van der Waals surface area contributed by atoms with E-state index in [0.29, 0.717) is 42.5 Å². The molecule has 6 aromatic rings.